The maximum Gasteiger partial charge on any atom is 0.251 e. The van der Waals surface area contributed by atoms with Crippen LogP contribution in [0.4, 0.5) is 11.4 Å². The molecule has 0 aromatic heterocycles. The largest absolute Gasteiger partial charge is 0.355 e. The summed E-state index contributed by atoms with van der Waals surface area (Å²) in [6.07, 6.45) is 0. The molecule has 0 unspecified atom stereocenters. The summed E-state index contributed by atoms with van der Waals surface area (Å²) in [5.74, 6) is -0.364. The molecule has 0 radical (unpaired) electrons. The second-order valence-electron chi connectivity index (χ2n) is 4.60. The van der Waals surface area contributed by atoms with Crippen molar-refractivity contribution < 1.29 is 9.59 Å². The third-order valence-electron chi connectivity index (χ3n) is 3.03. The second-order valence-corrected chi connectivity index (χ2v) is 4.60. The zero-order valence-electron chi connectivity index (χ0n) is 12.8. The van der Waals surface area contributed by atoms with E-state index in [-0.39, 0.29) is 11.8 Å². The number of carbonyl (C=O) groups is 2. The lowest BCUT2D eigenvalue weighted by Crippen LogP contribution is -2.17. The maximum atomic E-state index is 11.6. The number of amides is 2. The number of anilines is 1. The lowest BCUT2D eigenvalue weighted by Gasteiger charge is -2.03. The maximum absolute atomic E-state index is 11.6. The van der Waals surface area contributed by atoms with Gasteiger partial charge in [-0.2, -0.15) is 0 Å². The molecule has 0 saturated carbocycles. The van der Waals surface area contributed by atoms with Crippen LogP contribution in [0, 0.1) is 0 Å². The van der Waals surface area contributed by atoms with Crippen molar-refractivity contribution in [2.24, 2.45) is 10.3 Å². The molecule has 2 aromatic carbocycles. The zero-order chi connectivity index (χ0) is 16.7. The predicted molar refractivity (Wildman–Crippen MR) is 87.8 cm³/mol. The summed E-state index contributed by atoms with van der Waals surface area (Å²) in [5.41, 5.74) is 4.96. The van der Waals surface area contributed by atoms with Crippen molar-refractivity contribution in [1.82, 2.24) is 10.6 Å². The first-order valence-electron chi connectivity index (χ1n) is 6.95. The third kappa shape index (κ3) is 4.37. The Morgan fingerprint density at radius 2 is 1.48 bits per heavy atom. The quantitative estimate of drug-likeness (QED) is 0.585. The molecular formula is C16H17N5O2. The van der Waals surface area contributed by atoms with E-state index in [4.69, 9.17) is 0 Å². The lowest BCUT2D eigenvalue weighted by molar-refractivity contribution is 0.0955. The van der Waals surface area contributed by atoms with Crippen LogP contribution < -0.4 is 16.1 Å². The molecule has 2 amide bonds. The summed E-state index contributed by atoms with van der Waals surface area (Å²) in [7, 11) is 3.14. The molecule has 0 bridgehead atoms. The van der Waals surface area contributed by atoms with Gasteiger partial charge in [0.1, 0.15) is 0 Å². The van der Waals surface area contributed by atoms with E-state index >= 15 is 0 Å². The Hall–Kier alpha value is -3.22. The molecule has 0 aliphatic carbocycles. The first-order valence-corrected chi connectivity index (χ1v) is 6.95. The molecule has 0 aliphatic heterocycles. The summed E-state index contributed by atoms with van der Waals surface area (Å²) in [6, 6.07) is 13.7. The number of nitrogens with one attached hydrogen (secondary N) is 3. The Balaban J connectivity index is 2.07. The first-order chi connectivity index (χ1) is 11.1. The summed E-state index contributed by atoms with van der Waals surface area (Å²) in [4.78, 5) is 23.1. The van der Waals surface area contributed by atoms with E-state index < -0.39 is 0 Å². The number of hydrogen-bond donors (Lipinski definition) is 3. The van der Waals surface area contributed by atoms with E-state index in [0.717, 1.165) is 0 Å². The van der Waals surface area contributed by atoms with Crippen LogP contribution in [0.15, 0.2) is 58.9 Å². The van der Waals surface area contributed by atoms with Crippen molar-refractivity contribution in [3.63, 3.8) is 0 Å². The Kier molecular flexibility index (Phi) is 5.40. The Morgan fingerprint density at radius 1 is 0.870 bits per heavy atom. The minimum atomic E-state index is -0.187. The van der Waals surface area contributed by atoms with Crippen LogP contribution in [0.3, 0.4) is 0 Å². The van der Waals surface area contributed by atoms with Gasteiger partial charge in [-0.1, -0.05) is 17.4 Å². The van der Waals surface area contributed by atoms with Crippen molar-refractivity contribution in [3.05, 3.63) is 59.7 Å². The molecule has 7 nitrogen and oxygen atoms in total. The van der Waals surface area contributed by atoms with E-state index in [1.165, 1.54) is 0 Å². The van der Waals surface area contributed by atoms with Crippen LogP contribution in [0.2, 0.25) is 0 Å². The normalized spacial score (nSPS) is 10.3. The van der Waals surface area contributed by atoms with Crippen molar-refractivity contribution in [2.45, 2.75) is 0 Å². The van der Waals surface area contributed by atoms with Crippen LogP contribution in [-0.2, 0) is 0 Å². The van der Waals surface area contributed by atoms with Crippen LogP contribution in [0.1, 0.15) is 20.7 Å². The van der Waals surface area contributed by atoms with E-state index in [0.29, 0.717) is 22.5 Å². The molecule has 23 heavy (non-hydrogen) atoms. The summed E-state index contributed by atoms with van der Waals surface area (Å²) >= 11 is 0. The molecule has 0 fully saturated rings. The van der Waals surface area contributed by atoms with Gasteiger partial charge in [0.2, 0.25) is 0 Å². The zero-order valence-corrected chi connectivity index (χ0v) is 12.8. The molecule has 7 heteroatoms. The molecule has 2 aromatic rings. The van der Waals surface area contributed by atoms with Crippen LogP contribution in [0.5, 0.6) is 0 Å². The van der Waals surface area contributed by atoms with Crippen molar-refractivity contribution in [2.75, 3.05) is 19.5 Å². The minimum absolute atomic E-state index is 0.177. The lowest BCUT2D eigenvalue weighted by atomic mass is 10.2. The van der Waals surface area contributed by atoms with Crippen molar-refractivity contribution in [3.8, 4) is 0 Å². The SMILES string of the molecule is CNC(=O)c1cccc(/N=N/Nc2cccc(C(=O)NC)c2)c1. The van der Waals surface area contributed by atoms with Gasteiger partial charge in [0.25, 0.3) is 11.8 Å². The smallest absolute Gasteiger partial charge is 0.251 e. The number of benzene rings is 2. The fourth-order valence-electron chi connectivity index (χ4n) is 1.87. The number of nitrogens with zero attached hydrogens (tertiary/aromatic N) is 2. The van der Waals surface area contributed by atoms with E-state index in [1.807, 2.05) is 0 Å². The molecular weight excluding hydrogens is 294 g/mol. The average Bonchev–Trinajstić information content (AvgIpc) is 2.61. The molecule has 0 heterocycles. The van der Waals surface area contributed by atoms with Crippen molar-refractivity contribution in [1.29, 1.82) is 0 Å². The number of carbonyl (C=O) groups excluding carboxylic acids is 2. The van der Waals surface area contributed by atoms with Gasteiger partial charge < -0.3 is 10.6 Å². The molecule has 2 rings (SSSR count). The topological polar surface area (TPSA) is 94.9 Å². The highest BCUT2D eigenvalue weighted by Gasteiger charge is 2.04. The standard InChI is InChI=1S/C16H17N5O2/c1-17-15(22)11-5-3-7-13(9-11)19-21-20-14-8-4-6-12(10-14)16(23)18-2/h3-10H,1-2H3,(H,17,22)(H,18,23)(H,19,20). The molecule has 0 saturated heterocycles. The molecule has 118 valence electrons. The van der Waals surface area contributed by atoms with Gasteiger partial charge in [-0.05, 0) is 36.4 Å². The van der Waals surface area contributed by atoms with Gasteiger partial charge in [-0.25, -0.2) is 0 Å². The molecule has 0 aliphatic rings. The highest BCUT2D eigenvalue weighted by atomic mass is 16.2. The minimum Gasteiger partial charge on any atom is -0.355 e. The van der Waals surface area contributed by atoms with Crippen molar-refractivity contribution >= 4 is 23.2 Å². The second kappa shape index (κ2) is 7.69. The third-order valence-corrected chi connectivity index (χ3v) is 3.03. The van der Waals surface area contributed by atoms with Crippen LogP contribution >= 0.6 is 0 Å². The Bertz CT molecular complexity index is 743. The molecule has 0 atom stereocenters. The average molecular weight is 311 g/mol. The van der Waals surface area contributed by atoms with E-state index in [1.54, 1.807) is 62.6 Å². The monoisotopic (exact) mass is 311 g/mol. The van der Waals surface area contributed by atoms with E-state index in [9.17, 15) is 9.59 Å². The van der Waals surface area contributed by atoms with Crippen LogP contribution in [0.25, 0.3) is 0 Å². The molecule has 3 N–H and O–H groups in total. The Morgan fingerprint density at radius 3 is 2.13 bits per heavy atom. The van der Waals surface area contributed by atoms with Gasteiger partial charge in [-0.3, -0.25) is 15.0 Å². The van der Waals surface area contributed by atoms with Gasteiger partial charge >= 0.3 is 0 Å². The predicted octanol–water partition coefficient (Wildman–Crippen LogP) is 2.52. The Labute approximate surface area is 133 Å². The highest BCUT2D eigenvalue weighted by molar-refractivity contribution is 5.95. The van der Waals surface area contributed by atoms with Gasteiger partial charge in [0.15, 0.2) is 0 Å². The first kappa shape index (κ1) is 16.2. The number of rotatable bonds is 5. The summed E-state index contributed by atoms with van der Waals surface area (Å²) in [6.45, 7) is 0. The van der Waals surface area contributed by atoms with Gasteiger partial charge in [0.05, 0.1) is 11.4 Å². The summed E-state index contributed by atoms with van der Waals surface area (Å²) in [5, 5.41) is 13.0. The fraction of sp³-hybridized carbons (Fsp3) is 0.125. The van der Waals surface area contributed by atoms with E-state index in [2.05, 4.69) is 26.4 Å². The van der Waals surface area contributed by atoms with Gasteiger partial charge in [-0.15, -0.1) is 5.11 Å². The molecule has 0 spiro atoms. The van der Waals surface area contributed by atoms with Gasteiger partial charge in [0, 0.05) is 25.2 Å². The fourth-order valence-corrected chi connectivity index (χ4v) is 1.87. The summed E-state index contributed by atoms with van der Waals surface area (Å²) < 4.78 is 0. The highest BCUT2D eigenvalue weighted by Crippen LogP contribution is 2.16. The van der Waals surface area contributed by atoms with Crippen LogP contribution in [-0.4, -0.2) is 25.9 Å². The number of hydrogen-bond acceptors (Lipinski definition) is 4.